The third-order valence-electron chi connectivity index (χ3n) is 3.42. The van der Waals surface area contributed by atoms with Crippen LogP contribution < -0.4 is 15.0 Å². The molecule has 1 aliphatic rings. The summed E-state index contributed by atoms with van der Waals surface area (Å²) in [6, 6.07) is 3.66. The monoisotopic (exact) mass is 323 g/mol. The number of amides is 1. The van der Waals surface area contributed by atoms with Crippen LogP contribution in [-0.2, 0) is 9.53 Å². The molecule has 1 aromatic carbocycles. The number of benzene rings is 1. The predicted octanol–water partition coefficient (Wildman–Crippen LogP) is 2.40. The van der Waals surface area contributed by atoms with Crippen LogP contribution in [0.5, 0.6) is 5.75 Å². The number of nitrogens with zero attached hydrogens (tertiary/aromatic N) is 2. The maximum Gasteiger partial charge on any atom is 0.221 e. The summed E-state index contributed by atoms with van der Waals surface area (Å²) in [6.07, 6.45) is 0.115. The van der Waals surface area contributed by atoms with Crippen molar-refractivity contribution in [1.29, 1.82) is 5.26 Å². The van der Waals surface area contributed by atoms with E-state index in [4.69, 9.17) is 21.1 Å². The van der Waals surface area contributed by atoms with E-state index in [9.17, 15) is 10.1 Å². The second kappa shape index (κ2) is 6.86. The van der Waals surface area contributed by atoms with E-state index in [1.807, 2.05) is 11.8 Å². The fraction of sp³-hybridized carbons (Fsp3) is 0.467. The number of methoxy groups -OCH3 is 1. The third kappa shape index (κ3) is 3.11. The highest BCUT2D eigenvalue weighted by molar-refractivity contribution is 6.32. The van der Waals surface area contributed by atoms with Crippen molar-refractivity contribution in [2.24, 2.45) is 0 Å². The van der Waals surface area contributed by atoms with E-state index in [0.29, 0.717) is 42.4 Å². The first-order chi connectivity index (χ1) is 10.5. The topological polar surface area (TPSA) is 74.6 Å². The second-order valence-electron chi connectivity index (χ2n) is 4.95. The Kier molecular flexibility index (Phi) is 5.11. The molecule has 0 saturated carbocycles. The Morgan fingerprint density at radius 1 is 1.59 bits per heavy atom. The van der Waals surface area contributed by atoms with Crippen LogP contribution in [-0.4, -0.2) is 38.8 Å². The Morgan fingerprint density at radius 2 is 2.27 bits per heavy atom. The van der Waals surface area contributed by atoms with E-state index in [1.165, 1.54) is 6.92 Å². The number of ether oxygens (including phenoxy) is 2. The number of nitrogens with one attached hydrogen (secondary N) is 1. The van der Waals surface area contributed by atoms with Gasteiger partial charge in [0.1, 0.15) is 11.8 Å². The fourth-order valence-electron chi connectivity index (χ4n) is 2.37. The normalized spacial score (nSPS) is 14.2. The molecule has 0 unspecified atom stereocenters. The molecule has 0 aliphatic carbocycles. The highest BCUT2D eigenvalue weighted by atomic mass is 35.5. The molecule has 1 fully saturated rings. The summed E-state index contributed by atoms with van der Waals surface area (Å²) in [5.41, 5.74) is 1.41. The minimum Gasteiger partial charge on any atom is -0.489 e. The maximum absolute atomic E-state index is 11.4. The molecule has 1 saturated heterocycles. The van der Waals surface area contributed by atoms with Crippen LogP contribution in [0.25, 0.3) is 0 Å². The molecule has 6 nitrogen and oxygen atoms in total. The third-order valence-corrected chi connectivity index (χ3v) is 3.71. The van der Waals surface area contributed by atoms with Crippen LogP contribution in [0, 0.1) is 11.3 Å². The lowest BCUT2D eigenvalue weighted by Crippen LogP contribution is -2.52. The lowest BCUT2D eigenvalue weighted by atomic mass is 10.0. The van der Waals surface area contributed by atoms with Gasteiger partial charge in [-0.15, -0.1) is 0 Å². The standard InChI is InChI=1S/C15H18ClN3O3/c1-4-22-15-13(18-9(2)20)5-12(16)11(6-17)14(15)19-7-10(8-19)21-3/h5,10H,4,7-8H2,1-3H3,(H,18,20). The number of hydrogen-bond donors (Lipinski definition) is 1. The van der Waals surface area contributed by atoms with Gasteiger partial charge in [0.2, 0.25) is 5.91 Å². The van der Waals surface area contributed by atoms with Crippen molar-refractivity contribution in [3.8, 4) is 11.8 Å². The first kappa shape index (κ1) is 16.4. The molecule has 1 heterocycles. The van der Waals surface area contributed by atoms with E-state index in [1.54, 1.807) is 13.2 Å². The van der Waals surface area contributed by atoms with Crippen LogP contribution in [0.2, 0.25) is 5.02 Å². The molecule has 0 spiro atoms. The summed E-state index contributed by atoms with van der Waals surface area (Å²) in [6.45, 7) is 4.95. The summed E-state index contributed by atoms with van der Waals surface area (Å²) in [5, 5.41) is 12.4. The average molecular weight is 324 g/mol. The molecule has 1 aliphatic heterocycles. The fourth-order valence-corrected chi connectivity index (χ4v) is 2.61. The number of nitriles is 1. The summed E-state index contributed by atoms with van der Waals surface area (Å²) < 4.78 is 11.0. The van der Waals surface area contributed by atoms with Crippen LogP contribution in [0.3, 0.4) is 0 Å². The van der Waals surface area contributed by atoms with Crippen molar-refractivity contribution < 1.29 is 14.3 Å². The van der Waals surface area contributed by atoms with Gasteiger partial charge in [-0.3, -0.25) is 4.79 Å². The summed E-state index contributed by atoms with van der Waals surface area (Å²) in [7, 11) is 1.65. The van der Waals surface area contributed by atoms with Gasteiger partial charge in [0.15, 0.2) is 5.75 Å². The van der Waals surface area contributed by atoms with Crippen molar-refractivity contribution in [2.45, 2.75) is 20.0 Å². The first-order valence-corrected chi connectivity index (χ1v) is 7.34. The highest BCUT2D eigenvalue weighted by Crippen LogP contribution is 2.44. The van der Waals surface area contributed by atoms with Crippen molar-refractivity contribution in [3.63, 3.8) is 0 Å². The zero-order valence-corrected chi connectivity index (χ0v) is 13.5. The lowest BCUT2D eigenvalue weighted by Gasteiger charge is -2.41. The molecule has 1 aromatic rings. The lowest BCUT2D eigenvalue weighted by molar-refractivity contribution is -0.114. The van der Waals surface area contributed by atoms with E-state index < -0.39 is 0 Å². The molecular weight excluding hydrogens is 306 g/mol. The van der Waals surface area contributed by atoms with E-state index in [0.717, 1.165) is 0 Å². The Bertz CT molecular complexity index is 621. The minimum atomic E-state index is -0.231. The molecule has 0 bridgehead atoms. The van der Waals surface area contributed by atoms with Gasteiger partial charge in [-0.25, -0.2) is 0 Å². The van der Waals surface area contributed by atoms with Crippen molar-refractivity contribution >= 4 is 28.9 Å². The molecule has 22 heavy (non-hydrogen) atoms. The van der Waals surface area contributed by atoms with E-state index in [2.05, 4.69) is 11.4 Å². The van der Waals surface area contributed by atoms with Crippen LogP contribution in [0.15, 0.2) is 6.07 Å². The minimum absolute atomic E-state index is 0.115. The Balaban J connectivity index is 2.53. The van der Waals surface area contributed by atoms with Gasteiger partial charge < -0.3 is 19.7 Å². The zero-order valence-electron chi connectivity index (χ0n) is 12.8. The average Bonchev–Trinajstić information content (AvgIpc) is 2.40. The second-order valence-corrected chi connectivity index (χ2v) is 5.35. The van der Waals surface area contributed by atoms with Crippen LogP contribution >= 0.6 is 11.6 Å². The van der Waals surface area contributed by atoms with Gasteiger partial charge >= 0.3 is 0 Å². The number of rotatable bonds is 5. The van der Waals surface area contributed by atoms with Gasteiger partial charge in [-0.1, -0.05) is 11.6 Å². The Labute approximate surface area is 134 Å². The Morgan fingerprint density at radius 3 is 2.77 bits per heavy atom. The summed E-state index contributed by atoms with van der Waals surface area (Å²) in [5.74, 6) is 0.235. The van der Waals surface area contributed by atoms with E-state index in [-0.39, 0.29) is 17.0 Å². The number of carbonyl (C=O) groups is 1. The summed E-state index contributed by atoms with van der Waals surface area (Å²) in [4.78, 5) is 13.4. The molecule has 7 heteroatoms. The molecule has 0 radical (unpaired) electrons. The van der Waals surface area contributed by atoms with Gasteiger partial charge in [0.05, 0.1) is 29.0 Å². The Hall–Kier alpha value is -1.97. The van der Waals surface area contributed by atoms with E-state index >= 15 is 0 Å². The molecule has 118 valence electrons. The maximum atomic E-state index is 11.4. The quantitative estimate of drug-likeness (QED) is 0.900. The van der Waals surface area contributed by atoms with Gasteiger partial charge in [0, 0.05) is 27.1 Å². The molecular formula is C15H18ClN3O3. The van der Waals surface area contributed by atoms with Gasteiger partial charge in [-0.2, -0.15) is 5.26 Å². The van der Waals surface area contributed by atoms with Crippen molar-refractivity contribution in [3.05, 3.63) is 16.7 Å². The molecule has 2 rings (SSSR count). The SMILES string of the molecule is CCOc1c(NC(C)=O)cc(Cl)c(C#N)c1N1CC(OC)C1. The molecule has 0 aromatic heterocycles. The number of halogens is 1. The molecule has 1 N–H and O–H groups in total. The van der Waals surface area contributed by atoms with Gasteiger partial charge in [0.25, 0.3) is 0 Å². The predicted molar refractivity (Wildman–Crippen MR) is 84.6 cm³/mol. The zero-order chi connectivity index (χ0) is 16.3. The smallest absolute Gasteiger partial charge is 0.221 e. The number of anilines is 2. The van der Waals surface area contributed by atoms with Crippen LogP contribution in [0.4, 0.5) is 11.4 Å². The van der Waals surface area contributed by atoms with Gasteiger partial charge in [-0.05, 0) is 13.0 Å². The number of hydrogen-bond acceptors (Lipinski definition) is 5. The first-order valence-electron chi connectivity index (χ1n) is 6.96. The molecule has 0 atom stereocenters. The number of carbonyl (C=O) groups excluding carboxylic acids is 1. The van der Waals surface area contributed by atoms with Crippen molar-refractivity contribution in [1.82, 2.24) is 0 Å². The van der Waals surface area contributed by atoms with Crippen LogP contribution in [0.1, 0.15) is 19.4 Å². The summed E-state index contributed by atoms with van der Waals surface area (Å²) >= 11 is 6.20. The van der Waals surface area contributed by atoms with Crippen molar-refractivity contribution in [2.75, 3.05) is 37.0 Å². The largest absolute Gasteiger partial charge is 0.489 e. The molecule has 1 amide bonds. The highest BCUT2D eigenvalue weighted by Gasteiger charge is 2.33.